The molecule has 0 unspecified atom stereocenters. The number of rotatable bonds is 16. The van der Waals surface area contributed by atoms with Crippen LogP contribution >= 0.6 is 36.2 Å². The SMILES string of the molecule is CCCSCc1cc(-c2ccc(S(=O)(=O)c3ccc(-c4ccc(OC)c(CSCCCCS)c4)cc3)cc2)ccc1OC. The van der Waals surface area contributed by atoms with Crippen LogP contribution in [0.2, 0.25) is 0 Å². The lowest BCUT2D eigenvalue weighted by molar-refractivity contribution is 0.411. The van der Waals surface area contributed by atoms with E-state index in [-0.39, 0.29) is 9.79 Å². The summed E-state index contributed by atoms with van der Waals surface area (Å²) in [7, 11) is -0.277. The Kier molecular flexibility index (Phi) is 12.8. The fourth-order valence-electron chi connectivity index (χ4n) is 4.76. The topological polar surface area (TPSA) is 52.6 Å². The van der Waals surface area contributed by atoms with Crippen molar-refractivity contribution in [1.82, 2.24) is 0 Å². The number of sulfone groups is 1. The summed E-state index contributed by atoms with van der Waals surface area (Å²) in [6.07, 6.45) is 3.40. The summed E-state index contributed by atoms with van der Waals surface area (Å²) in [6, 6.07) is 26.6. The molecule has 0 aliphatic rings. The molecule has 4 aromatic rings. The van der Waals surface area contributed by atoms with Crippen LogP contribution in [0.15, 0.2) is 94.7 Å². The lowest BCUT2D eigenvalue weighted by Crippen LogP contribution is -2.02. The number of unbranched alkanes of at least 4 members (excludes halogenated alkanes) is 1. The Balaban J connectivity index is 1.50. The van der Waals surface area contributed by atoms with E-state index in [1.54, 1.807) is 38.5 Å². The minimum Gasteiger partial charge on any atom is -0.496 e. The van der Waals surface area contributed by atoms with Gasteiger partial charge in [-0.15, -0.1) is 0 Å². The van der Waals surface area contributed by atoms with E-state index in [2.05, 4.69) is 31.7 Å². The van der Waals surface area contributed by atoms with Crippen molar-refractivity contribution in [2.75, 3.05) is 31.5 Å². The number of benzene rings is 4. The molecule has 0 amide bonds. The summed E-state index contributed by atoms with van der Waals surface area (Å²) >= 11 is 8.06. The minimum absolute atomic E-state index is 0.275. The van der Waals surface area contributed by atoms with Gasteiger partial charge in [-0.1, -0.05) is 43.3 Å². The number of hydrogen-bond acceptors (Lipinski definition) is 7. The van der Waals surface area contributed by atoms with Crippen LogP contribution < -0.4 is 9.47 Å². The number of methoxy groups -OCH3 is 2. The maximum atomic E-state index is 13.5. The normalized spacial score (nSPS) is 11.4. The molecule has 0 saturated heterocycles. The third kappa shape index (κ3) is 8.78. The summed E-state index contributed by atoms with van der Waals surface area (Å²) in [5.74, 6) is 6.58. The average molecular weight is 653 g/mol. The molecule has 0 radical (unpaired) electrons. The summed E-state index contributed by atoms with van der Waals surface area (Å²) in [5, 5.41) is 0. The van der Waals surface area contributed by atoms with Crippen LogP contribution in [0.5, 0.6) is 11.5 Å². The van der Waals surface area contributed by atoms with Gasteiger partial charge in [0.25, 0.3) is 0 Å². The van der Waals surface area contributed by atoms with Gasteiger partial charge in [0.2, 0.25) is 9.84 Å². The standard InChI is InChI=1S/C35H40O4S4/c1-4-20-41-24-30-22-28(11-17-34(30)38-2)26-7-13-32(14-8-26)43(36,37)33-15-9-27(10-16-33)29-12-18-35(39-3)31(23-29)25-42-21-6-5-19-40/h7-18,22-23,40H,4-6,19-21,24-25H2,1-3H3. The molecule has 0 aliphatic heterocycles. The minimum atomic E-state index is -3.66. The summed E-state index contributed by atoms with van der Waals surface area (Å²) in [6.45, 7) is 2.18. The Morgan fingerprint density at radius 2 is 1.07 bits per heavy atom. The molecule has 4 nitrogen and oxygen atoms in total. The van der Waals surface area contributed by atoms with Gasteiger partial charge in [0, 0.05) is 22.6 Å². The Morgan fingerprint density at radius 3 is 1.49 bits per heavy atom. The molecule has 43 heavy (non-hydrogen) atoms. The van der Waals surface area contributed by atoms with E-state index in [4.69, 9.17) is 9.47 Å². The smallest absolute Gasteiger partial charge is 0.206 e. The van der Waals surface area contributed by atoms with Crippen LogP contribution in [0, 0.1) is 0 Å². The van der Waals surface area contributed by atoms with Gasteiger partial charge in [0.05, 0.1) is 24.0 Å². The quantitative estimate of drug-likeness (QED) is 0.0961. The van der Waals surface area contributed by atoms with Gasteiger partial charge in [-0.05, 0) is 107 Å². The first-order valence-electron chi connectivity index (χ1n) is 14.5. The molecule has 4 aromatic carbocycles. The van der Waals surface area contributed by atoms with Crippen molar-refractivity contribution >= 4 is 46.0 Å². The van der Waals surface area contributed by atoms with Crippen LogP contribution in [0.1, 0.15) is 37.3 Å². The number of thioether (sulfide) groups is 2. The third-order valence-electron chi connectivity index (χ3n) is 7.12. The Labute approximate surface area is 271 Å². The predicted molar refractivity (Wildman–Crippen MR) is 188 cm³/mol. The highest BCUT2D eigenvalue weighted by molar-refractivity contribution is 7.98. The highest BCUT2D eigenvalue weighted by Crippen LogP contribution is 2.33. The first-order valence-corrected chi connectivity index (χ1v) is 18.9. The van der Waals surface area contributed by atoms with Crippen molar-refractivity contribution in [2.24, 2.45) is 0 Å². The van der Waals surface area contributed by atoms with Crippen LogP contribution in [0.4, 0.5) is 0 Å². The Hall–Kier alpha value is -2.52. The number of hydrogen-bond donors (Lipinski definition) is 1. The molecule has 4 rings (SSSR count). The molecule has 0 aliphatic carbocycles. The van der Waals surface area contributed by atoms with Crippen molar-refractivity contribution in [2.45, 2.75) is 47.5 Å². The van der Waals surface area contributed by atoms with E-state index in [0.717, 1.165) is 92.9 Å². The maximum absolute atomic E-state index is 13.5. The Bertz CT molecular complexity index is 1570. The molecular formula is C35H40O4S4. The van der Waals surface area contributed by atoms with E-state index in [0.29, 0.717) is 0 Å². The molecule has 0 saturated carbocycles. The molecule has 0 spiro atoms. The molecule has 0 N–H and O–H groups in total. The van der Waals surface area contributed by atoms with Crippen molar-refractivity contribution in [3.63, 3.8) is 0 Å². The first kappa shape index (κ1) is 33.4. The second kappa shape index (κ2) is 16.5. The zero-order valence-electron chi connectivity index (χ0n) is 25.0. The molecule has 0 atom stereocenters. The van der Waals surface area contributed by atoms with E-state index >= 15 is 0 Å². The third-order valence-corrected chi connectivity index (χ3v) is 11.5. The highest BCUT2D eigenvalue weighted by atomic mass is 32.2. The van der Waals surface area contributed by atoms with Gasteiger partial charge in [0.15, 0.2) is 0 Å². The summed E-state index contributed by atoms with van der Waals surface area (Å²) in [4.78, 5) is 0.551. The number of thiol groups is 1. The zero-order chi connectivity index (χ0) is 30.7. The van der Waals surface area contributed by atoms with Gasteiger partial charge in [0.1, 0.15) is 11.5 Å². The molecule has 228 valence electrons. The molecular weight excluding hydrogens is 613 g/mol. The fraction of sp³-hybridized carbons (Fsp3) is 0.314. The average Bonchev–Trinajstić information content (AvgIpc) is 3.04. The fourth-order valence-corrected chi connectivity index (χ4v) is 8.12. The lowest BCUT2D eigenvalue weighted by Gasteiger charge is -2.12. The van der Waals surface area contributed by atoms with Crippen LogP contribution in [0.3, 0.4) is 0 Å². The number of ether oxygens (including phenoxy) is 2. The lowest BCUT2D eigenvalue weighted by atomic mass is 10.0. The van der Waals surface area contributed by atoms with Gasteiger partial charge >= 0.3 is 0 Å². The van der Waals surface area contributed by atoms with E-state index in [9.17, 15) is 8.42 Å². The monoisotopic (exact) mass is 652 g/mol. The van der Waals surface area contributed by atoms with Gasteiger partial charge < -0.3 is 9.47 Å². The molecule has 0 aromatic heterocycles. The maximum Gasteiger partial charge on any atom is 0.206 e. The van der Waals surface area contributed by atoms with Crippen molar-refractivity contribution in [3.05, 3.63) is 96.1 Å². The second-order valence-corrected chi connectivity index (χ2v) is 14.7. The summed E-state index contributed by atoms with van der Waals surface area (Å²) in [5.41, 5.74) is 6.28. The largest absolute Gasteiger partial charge is 0.496 e. The zero-order valence-corrected chi connectivity index (χ0v) is 28.4. The van der Waals surface area contributed by atoms with Crippen LogP contribution in [-0.2, 0) is 21.3 Å². The molecule has 0 fully saturated rings. The van der Waals surface area contributed by atoms with Gasteiger partial charge in [-0.2, -0.15) is 36.2 Å². The van der Waals surface area contributed by atoms with Crippen LogP contribution in [-0.4, -0.2) is 39.9 Å². The van der Waals surface area contributed by atoms with Crippen molar-refractivity contribution in [1.29, 1.82) is 0 Å². The summed E-state index contributed by atoms with van der Waals surface area (Å²) < 4.78 is 38.1. The van der Waals surface area contributed by atoms with E-state index in [1.807, 2.05) is 72.1 Å². The Morgan fingerprint density at radius 1 is 0.628 bits per heavy atom. The second-order valence-electron chi connectivity index (χ2n) is 10.1. The molecule has 8 heteroatoms. The van der Waals surface area contributed by atoms with Crippen molar-refractivity contribution < 1.29 is 17.9 Å². The first-order chi connectivity index (χ1) is 20.9. The molecule has 0 bridgehead atoms. The van der Waals surface area contributed by atoms with Gasteiger partial charge in [-0.25, -0.2) is 8.42 Å². The van der Waals surface area contributed by atoms with Gasteiger partial charge in [-0.3, -0.25) is 0 Å². The van der Waals surface area contributed by atoms with E-state index in [1.165, 1.54) is 0 Å². The van der Waals surface area contributed by atoms with Crippen LogP contribution in [0.25, 0.3) is 22.3 Å². The van der Waals surface area contributed by atoms with E-state index < -0.39 is 9.84 Å². The molecule has 0 heterocycles. The predicted octanol–water partition coefficient (Wildman–Crippen LogP) is 9.46. The van der Waals surface area contributed by atoms with Crippen molar-refractivity contribution in [3.8, 4) is 33.8 Å². The highest BCUT2D eigenvalue weighted by Gasteiger charge is 2.18.